The maximum Gasteiger partial charge on any atom is 0.399 e. The van der Waals surface area contributed by atoms with Crippen molar-refractivity contribution >= 4 is 52.5 Å². The molecule has 23 heavy (non-hydrogen) atoms. The minimum atomic E-state index is -4.50. The van der Waals surface area contributed by atoms with Crippen molar-refractivity contribution < 1.29 is 13.2 Å². The molecule has 0 fully saturated rings. The third-order valence-corrected chi connectivity index (χ3v) is 4.48. The van der Waals surface area contributed by atoms with E-state index < -0.39 is 12.1 Å². The average molecular weight is 400 g/mol. The molecule has 2 aromatic rings. The molecule has 2 aromatic carbocycles. The van der Waals surface area contributed by atoms with Crippen LogP contribution in [0.2, 0.25) is 20.1 Å². The van der Waals surface area contributed by atoms with Crippen LogP contribution in [0.25, 0.3) is 6.08 Å². The second-order valence-electron chi connectivity index (χ2n) is 4.73. The fourth-order valence-corrected chi connectivity index (χ4v) is 2.79. The molecule has 0 saturated heterocycles. The molecule has 1 atom stereocenters. The summed E-state index contributed by atoms with van der Waals surface area (Å²) >= 11 is 23.3. The van der Waals surface area contributed by atoms with Crippen molar-refractivity contribution in [3.63, 3.8) is 0 Å². The molecule has 0 spiro atoms. The van der Waals surface area contributed by atoms with Gasteiger partial charge in [-0.15, -0.1) is 0 Å². The summed E-state index contributed by atoms with van der Waals surface area (Å²) < 4.78 is 40.1. The molecule has 0 radical (unpaired) electrons. The Morgan fingerprint density at radius 2 is 1.52 bits per heavy atom. The van der Waals surface area contributed by atoms with E-state index in [1.165, 1.54) is 6.08 Å². The van der Waals surface area contributed by atoms with E-state index in [-0.39, 0.29) is 20.6 Å². The van der Waals surface area contributed by atoms with Gasteiger partial charge in [-0.25, -0.2) is 0 Å². The van der Waals surface area contributed by atoms with Crippen LogP contribution in [0.1, 0.15) is 17.0 Å². The van der Waals surface area contributed by atoms with Gasteiger partial charge in [0.25, 0.3) is 0 Å². The van der Waals surface area contributed by atoms with Gasteiger partial charge in [0.15, 0.2) is 0 Å². The summed E-state index contributed by atoms with van der Waals surface area (Å²) in [6, 6.07) is 8.83. The van der Waals surface area contributed by atoms with Crippen LogP contribution in [-0.2, 0) is 0 Å². The largest absolute Gasteiger partial charge is 0.399 e. The number of rotatable bonds is 3. The Balaban J connectivity index is 2.43. The van der Waals surface area contributed by atoms with Crippen molar-refractivity contribution in [3.8, 4) is 0 Å². The Bertz CT molecular complexity index is 715. The molecule has 7 heteroatoms. The van der Waals surface area contributed by atoms with Gasteiger partial charge in [0.1, 0.15) is 0 Å². The summed E-state index contributed by atoms with van der Waals surface area (Å²) in [5.74, 6) is -1.87. The standard InChI is InChI=1S/C16H9Cl4F3/c17-11-3-1-2-9(6-11)4-5-12(16(21,22)23)10-7-13(18)15(20)14(19)8-10/h1-8,12H/b5-4+. The van der Waals surface area contributed by atoms with Gasteiger partial charge in [-0.1, -0.05) is 70.7 Å². The molecule has 2 rings (SSSR count). The highest BCUT2D eigenvalue weighted by atomic mass is 35.5. The third kappa shape index (κ3) is 4.80. The Hall–Kier alpha value is -0.870. The summed E-state index contributed by atoms with van der Waals surface area (Å²) in [6.45, 7) is 0. The summed E-state index contributed by atoms with van der Waals surface area (Å²) in [7, 11) is 0. The normalized spacial score (nSPS) is 13.5. The minimum Gasteiger partial charge on any atom is -0.170 e. The predicted molar refractivity (Wildman–Crippen MR) is 90.8 cm³/mol. The Labute approximate surface area is 151 Å². The maximum absolute atomic E-state index is 13.4. The Morgan fingerprint density at radius 3 is 2.04 bits per heavy atom. The highest BCUT2D eigenvalue weighted by molar-refractivity contribution is 6.48. The van der Waals surface area contributed by atoms with Crippen LogP contribution in [0.15, 0.2) is 42.5 Å². The van der Waals surface area contributed by atoms with Gasteiger partial charge in [-0.05, 0) is 35.4 Å². The molecule has 0 heterocycles. The molecule has 0 aliphatic heterocycles. The molecular formula is C16H9Cl4F3. The third-order valence-electron chi connectivity index (χ3n) is 3.05. The lowest BCUT2D eigenvalue weighted by molar-refractivity contribution is -0.139. The van der Waals surface area contributed by atoms with E-state index in [1.54, 1.807) is 24.3 Å². The number of alkyl halides is 3. The number of allylic oxidation sites excluding steroid dienone is 1. The van der Waals surface area contributed by atoms with Gasteiger partial charge in [-0.3, -0.25) is 0 Å². The molecule has 1 unspecified atom stereocenters. The molecule has 0 nitrogen and oxygen atoms in total. The predicted octanol–water partition coefficient (Wildman–Crippen LogP) is 7.66. The molecule has 0 bridgehead atoms. The molecule has 0 amide bonds. The lowest BCUT2D eigenvalue weighted by Crippen LogP contribution is -2.19. The van der Waals surface area contributed by atoms with E-state index in [2.05, 4.69) is 0 Å². The zero-order valence-corrected chi connectivity index (χ0v) is 14.4. The van der Waals surface area contributed by atoms with E-state index in [4.69, 9.17) is 46.4 Å². The fourth-order valence-electron chi connectivity index (χ4n) is 1.98. The number of halogens is 7. The van der Waals surface area contributed by atoms with Crippen LogP contribution in [0.5, 0.6) is 0 Å². The lowest BCUT2D eigenvalue weighted by Gasteiger charge is -2.18. The molecule has 0 aliphatic rings. The minimum absolute atomic E-state index is 0.0248. The SMILES string of the molecule is FC(F)(F)C(/C=C/c1cccc(Cl)c1)c1cc(Cl)c(Cl)c(Cl)c1. The van der Waals surface area contributed by atoms with Crippen molar-refractivity contribution in [2.75, 3.05) is 0 Å². The first-order valence-electron chi connectivity index (χ1n) is 6.33. The summed E-state index contributed by atoms with van der Waals surface area (Å²) in [6.07, 6.45) is -2.13. The van der Waals surface area contributed by atoms with Crippen LogP contribution in [0.4, 0.5) is 13.2 Å². The van der Waals surface area contributed by atoms with Crippen molar-refractivity contribution in [1.82, 2.24) is 0 Å². The van der Waals surface area contributed by atoms with Crippen LogP contribution in [0, 0.1) is 0 Å². The van der Waals surface area contributed by atoms with E-state index in [0.29, 0.717) is 10.6 Å². The van der Waals surface area contributed by atoms with Crippen molar-refractivity contribution in [2.45, 2.75) is 12.1 Å². The number of hydrogen-bond donors (Lipinski definition) is 0. The van der Waals surface area contributed by atoms with Crippen molar-refractivity contribution in [2.24, 2.45) is 0 Å². The van der Waals surface area contributed by atoms with Gasteiger partial charge in [-0.2, -0.15) is 13.2 Å². The van der Waals surface area contributed by atoms with Crippen LogP contribution >= 0.6 is 46.4 Å². The van der Waals surface area contributed by atoms with Gasteiger partial charge in [0.05, 0.1) is 21.0 Å². The highest BCUT2D eigenvalue weighted by Gasteiger charge is 2.39. The van der Waals surface area contributed by atoms with Crippen molar-refractivity contribution in [3.05, 3.63) is 73.7 Å². The highest BCUT2D eigenvalue weighted by Crippen LogP contribution is 2.41. The zero-order chi connectivity index (χ0) is 17.2. The van der Waals surface area contributed by atoms with Gasteiger partial charge < -0.3 is 0 Å². The smallest absolute Gasteiger partial charge is 0.170 e. The van der Waals surface area contributed by atoms with E-state index in [9.17, 15) is 13.2 Å². The molecular weight excluding hydrogens is 391 g/mol. The topological polar surface area (TPSA) is 0 Å². The lowest BCUT2D eigenvalue weighted by atomic mass is 9.97. The zero-order valence-electron chi connectivity index (χ0n) is 11.3. The first-order valence-corrected chi connectivity index (χ1v) is 7.84. The second kappa shape index (κ2) is 7.35. The average Bonchev–Trinajstić information content (AvgIpc) is 2.43. The summed E-state index contributed by atoms with van der Waals surface area (Å²) in [5.41, 5.74) is 0.466. The van der Waals surface area contributed by atoms with Crippen molar-refractivity contribution in [1.29, 1.82) is 0 Å². The first kappa shape index (κ1) is 18.5. The fraction of sp³-hybridized carbons (Fsp3) is 0.125. The monoisotopic (exact) mass is 398 g/mol. The van der Waals surface area contributed by atoms with Crippen LogP contribution in [-0.4, -0.2) is 6.18 Å². The second-order valence-corrected chi connectivity index (χ2v) is 6.36. The summed E-state index contributed by atoms with van der Waals surface area (Å²) in [4.78, 5) is 0. The van der Waals surface area contributed by atoms with E-state index in [0.717, 1.165) is 18.2 Å². The molecule has 122 valence electrons. The van der Waals surface area contributed by atoms with Gasteiger partial charge >= 0.3 is 6.18 Å². The van der Waals surface area contributed by atoms with Gasteiger partial charge in [0, 0.05) is 5.02 Å². The maximum atomic E-state index is 13.4. The van der Waals surface area contributed by atoms with E-state index >= 15 is 0 Å². The first-order chi connectivity index (χ1) is 10.7. The summed E-state index contributed by atoms with van der Waals surface area (Å²) in [5, 5.41) is 0.407. The van der Waals surface area contributed by atoms with Gasteiger partial charge in [0.2, 0.25) is 0 Å². The molecule has 0 N–H and O–H groups in total. The molecule has 0 saturated carbocycles. The Kier molecular flexibility index (Phi) is 5.90. The number of hydrogen-bond acceptors (Lipinski definition) is 0. The Morgan fingerprint density at radius 1 is 0.913 bits per heavy atom. The van der Waals surface area contributed by atoms with E-state index in [1.807, 2.05) is 0 Å². The number of benzene rings is 2. The van der Waals surface area contributed by atoms with Crippen LogP contribution < -0.4 is 0 Å². The molecule has 0 aromatic heterocycles. The molecule has 0 aliphatic carbocycles. The van der Waals surface area contributed by atoms with Crippen LogP contribution in [0.3, 0.4) is 0 Å². The quantitative estimate of drug-likeness (QED) is 0.464.